The van der Waals surface area contributed by atoms with Crippen molar-refractivity contribution in [2.24, 2.45) is 0 Å². The van der Waals surface area contributed by atoms with Crippen molar-refractivity contribution in [2.75, 3.05) is 12.4 Å². The van der Waals surface area contributed by atoms with Crippen molar-refractivity contribution in [2.45, 2.75) is 25.7 Å². The number of benzene rings is 1. The molecule has 104 valence electrons. The van der Waals surface area contributed by atoms with Gasteiger partial charge in [0.2, 0.25) is 5.88 Å². The summed E-state index contributed by atoms with van der Waals surface area (Å²) in [4.78, 5) is 9.00. The van der Waals surface area contributed by atoms with E-state index in [9.17, 15) is 4.39 Å². The van der Waals surface area contributed by atoms with Gasteiger partial charge in [-0.15, -0.1) is 0 Å². The number of nitrogens with one attached hydrogen (secondary N) is 1. The summed E-state index contributed by atoms with van der Waals surface area (Å²) in [5.74, 6) is 2.84. The standard InChI is InChI=1S/C15H16FN3O/c1-9-13(17-2)18-14(10-3-4-10)19-15(9)20-12-7-5-11(16)6-8-12/h5-8,10H,3-4H2,1-2H3,(H,17,18,19). The molecule has 0 amide bonds. The molecule has 1 heterocycles. The van der Waals surface area contributed by atoms with E-state index in [1.165, 1.54) is 12.1 Å². The Morgan fingerprint density at radius 1 is 1.20 bits per heavy atom. The number of hydrogen-bond acceptors (Lipinski definition) is 4. The van der Waals surface area contributed by atoms with Gasteiger partial charge in [-0.3, -0.25) is 0 Å². The summed E-state index contributed by atoms with van der Waals surface area (Å²) in [6.07, 6.45) is 2.25. The Balaban J connectivity index is 1.94. The zero-order valence-electron chi connectivity index (χ0n) is 11.5. The van der Waals surface area contributed by atoms with Crippen LogP contribution in [0.5, 0.6) is 11.6 Å². The van der Waals surface area contributed by atoms with E-state index in [2.05, 4.69) is 15.3 Å². The number of rotatable bonds is 4. The van der Waals surface area contributed by atoms with Crippen molar-refractivity contribution < 1.29 is 9.13 Å². The smallest absolute Gasteiger partial charge is 0.227 e. The Kier molecular flexibility index (Phi) is 3.26. The van der Waals surface area contributed by atoms with E-state index in [0.29, 0.717) is 17.5 Å². The van der Waals surface area contributed by atoms with Gasteiger partial charge in [-0.1, -0.05) is 0 Å². The summed E-state index contributed by atoms with van der Waals surface area (Å²) in [7, 11) is 1.83. The molecule has 0 radical (unpaired) electrons. The average Bonchev–Trinajstić information content (AvgIpc) is 3.28. The minimum atomic E-state index is -0.286. The third-order valence-electron chi connectivity index (χ3n) is 3.33. The van der Waals surface area contributed by atoms with Gasteiger partial charge in [0.05, 0.1) is 5.56 Å². The van der Waals surface area contributed by atoms with E-state index < -0.39 is 0 Å². The molecule has 0 bridgehead atoms. The van der Waals surface area contributed by atoms with Crippen molar-refractivity contribution in [1.29, 1.82) is 0 Å². The quantitative estimate of drug-likeness (QED) is 0.924. The molecule has 5 heteroatoms. The van der Waals surface area contributed by atoms with Crippen molar-refractivity contribution in [3.8, 4) is 11.6 Å². The molecule has 1 aliphatic rings. The molecule has 0 atom stereocenters. The summed E-state index contributed by atoms with van der Waals surface area (Å²) in [6, 6.07) is 5.92. The van der Waals surface area contributed by atoms with Crippen LogP contribution in [0.2, 0.25) is 0 Å². The van der Waals surface area contributed by atoms with Crippen molar-refractivity contribution >= 4 is 5.82 Å². The number of anilines is 1. The molecule has 3 rings (SSSR count). The maximum Gasteiger partial charge on any atom is 0.227 e. The third-order valence-corrected chi connectivity index (χ3v) is 3.33. The predicted octanol–water partition coefficient (Wildman–Crippen LogP) is 3.64. The van der Waals surface area contributed by atoms with E-state index in [1.54, 1.807) is 12.1 Å². The van der Waals surface area contributed by atoms with Gasteiger partial charge in [0.15, 0.2) is 0 Å². The Hall–Kier alpha value is -2.17. The fourth-order valence-corrected chi connectivity index (χ4v) is 1.99. The molecular formula is C15H16FN3O. The molecule has 1 saturated carbocycles. The van der Waals surface area contributed by atoms with Crippen LogP contribution in [0.1, 0.15) is 30.1 Å². The summed E-state index contributed by atoms with van der Waals surface area (Å²) < 4.78 is 18.7. The molecule has 1 aliphatic carbocycles. The highest BCUT2D eigenvalue weighted by Gasteiger charge is 2.28. The van der Waals surface area contributed by atoms with Crippen LogP contribution in [-0.4, -0.2) is 17.0 Å². The Labute approximate surface area is 117 Å². The minimum Gasteiger partial charge on any atom is -0.439 e. The molecule has 1 aromatic heterocycles. The van der Waals surface area contributed by atoms with E-state index in [0.717, 1.165) is 30.0 Å². The van der Waals surface area contributed by atoms with Crippen LogP contribution < -0.4 is 10.1 Å². The summed E-state index contributed by atoms with van der Waals surface area (Å²) in [5.41, 5.74) is 0.848. The predicted molar refractivity (Wildman–Crippen MR) is 74.8 cm³/mol. The van der Waals surface area contributed by atoms with Gasteiger partial charge >= 0.3 is 0 Å². The monoisotopic (exact) mass is 273 g/mol. The van der Waals surface area contributed by atoms with Crippen molar-refractivity contribution in [3.63, 3.8) is 0 Å². The maximum absolute atomic E-state index is 12.9. The zero-order valence-corrected chi connectivity index (χ0v) is 11.5. The first kappa shape index (κ1) is 12.8. The second-order valence-corrected chi connectivity index (χ2v) is 4.94. The number of halogens is 1. The SMILES string of the molecule is CNc1nc(C2CC2)nc(Oc2ccc(F)cc2)c1C. The Bertz CT molecular complexity index is 624. The van der Waals surface area contributed by atoms with Crippen LogP contribution in [-0.2, 0) is 0 Å². The van der Waals surface area contributed by atoms with E-state index in [-0.39, 0.29) is 5.82 Å². The lowest BCUT2D eigenvalue weighted by molar-refractivity contribution is 0.453. The van der Waals surface area contributed by atoms with E-state index in [1.807, 2.05) is 14.0 Å². The van der Waals surface area contributed by atoms with Gasteiger partial charge in [0.1, 0.15) is 23.2 Å². The highest BCUT2D eigenvalue weighted by Crippen LogP contribution is 2.40. The molecule has 0 saturated heterocycles. The molecule has 0 spiro atoms. The molecular weight excluding hydrogens is 257 g/mol. The molecule has 4 nitrogen and oxygen atoms in total. The zero-order chi connectivity index (χ0) is 14.1. The lowest BCUT2D eigenvalue weighted by Gasteiger charge is -2.12. The second kappa shape index (κ2) is 5.07. The first-order valence-corrected chi connectivity index (χ1v) is 6.67. The molecule has 0 unspecified atom stereocenters. The van der Waals surface area contributed by atoms with Gasteiger partial charge in [-0.05, 0) is 44.0 Å². The Morgan fingerprint density at radius 3 is 2.50 bits per heavy atom. The normalized spacial score (nSPS) is 14.2. The maximum atomic E-state index is 12.9. The molecule has 20 heavy (non-hydrogen) atoms. The van der Waals surface area contributed by atoms with Crippen LogP contribution in [0.15, 0.2) is 24.3 Å². The van der Waals surface area contributed by atoms with Crippen molar-refractivity contribution in [1.82, 2.24) is 9.97 Å². The average molecular weight is 273 g/mol. The number of hydrogen-bond donors (Lipinski definition) is 1. The van der Waals surface area contributed by atoms with Crippen molar-refractivity contribution in [3.05, 3.63) is 41.5 Å². The van der Waals surface area contributed by atoms with Gasteiger partial charge in [-0.25, -0.2) is 9.37 Å². The van der Waals surface area contributed by atoms with Gasteiger partial charge in [0.25, 0.3) is 0 Å². The molecule has 0 aliphatic heterocycles. The lowest BCUT2D eigenvalue weighted by Crippen LogP contribution is -2.04. The Morgan fingerprint density at radius 2 is 1.90 bits per heavy atom. The summed E-state index contributed by atoms with van der Waals surface area (Å²) in [6.45, 7) is 1.90. The lowest BCUT2D eigenvalue weighted by atomic mass is 10.3. The number of nitrogens with zero attached hydrogens (tertiary/aromatic N) is 2. The van der Waals surface area contributed by atoms with Crippen LogP contribution >= 0.6 is 0 Å². The highest BCUT2D eigenvalue weighted by atomic mass is 19.1. The molecule has 2 aromatic rings. The number of ether oxygens (including phenoxy) is 1. The van der Waals surface area contributed by atoms with Crippen LogP contribution in [0, 0.1) is 12.7 Å². The van der Waals surface area contributed by atoms with Crippen LogP contribution in [0.4, 0.5) is 10.2 Å². The summed E-state index contributed by atoms with van der Waals surface area (Å²) >= 11 is 0. The topological polar surface area (TPSA) is 47.0 Å². The largest absolute Gasteiger partial charge is 0.439 e. The minimum absolute atomic E-state index is 0.286. The van der Waals surface area contributed by atoms with Gasteiger partial charge < -0.3 is 10.1 Å². The fraction of sp³-hybridized carbons (Fsp3) is 0.333. The molecule has 1 aromatic carbocycles. The fourth-order valence-electron chi connectivity index (χ4n) is 1.99. The van der Waals surface area contributed by atoms with Crippen LogP contribution in [0.25, 0.3) is 0 Å². The molecule has 1 N–H and O–H groups in total. The number of aromatic nitrogens is 2. The van der Waals surface area contributed by atoms with E-state index in [4.69, 9.17) is 4.74 Å². The van der Waals surface area contributed by atoms with Gasteiger partial charge in [0, 0.05) is 13.0 Å². The van der Waals surface area contributed by atoms with E-state index >= 15 is 0 Å². The third kappa shape index (κ3) is 2.57. The summed E-state index contributed by atoms with van der Waals surface area (Å²) in [5, 5.41) is 3.06. The molecule has 1 fully saturated rings. The first-order valence-electron chi connectivity index (χ1n) is 6.67. The first-order chi connectivity index (χ1) is 9.67. The second-order valence-electron chi connectivity index (χ2n) is 4.94. The highest BCUT2D eigenvalue weighted by molar-refractivity contribution is 5.49. The van der Waals surface area contributed by atoms with Crippen LogP contribution in [0.3, 0.4) is 0 Å². The van der Waals surface area contributed by atoms with Gasteiger partial charge in [-0.2, -0.15) is 4.98 Å².